The first-order valence-electron chi connectivity index (χ1n) is 5.09. The lowest BCUT2D eigenvalue weighted by atomic mass is 10.1. The van der Waals surface area contributed by atoms with E-state index in [1.165, 1.54) is 0 Å². The lowest BCUT2D eigenvalue weighted by molar-refractivity contribution is -0.117. The van der Waals surface area contributed by atoms with E-state index in [9.17, 15) is 4.79 Å². The quantitative estimate of drug-likeness (QED) is 0.844. The van der Waals surface area contributed by atoms with E-state index >= 15 is 0 Å². The van der Waals surface area contributed by atoms with Crippen molar-refractivity contribution in [1.29, 1.82) is 0 Å². The smallest absolute Gasteiger partial charge is 0.252 e. The molecule has 1 aromatic carbocycles. The summed E-state index contributed by atoms with van der Waals surface area (Å²) in [4.78, 5) is 12.0. The second-order valence-electron chi connectivity index (χ2n) is 3.84. The Hall–Kier alpha value is -1.45. The van der Waals surface area contributed by atoms with Crippen molar-refractivity contribution in [1.82, 2.24) is 4.57 Å². The van der Waals surface area contributed by atoms with Gasteiger partial charge >= 0.3 is 0 Å². The molecular formula is C12H8Cl2N2O. The number of fused-ring (bicyclic) bond motifs is 1. The summed E-state index contributed by atoms with van der Waals surface area (Å²) in [5.74, 6) is -0.119. The van der Waals surface area contributed by atoms with Crippen LogP contribution in [0.25, 0.3) is 0 Å². The minimum Gasteiger partial charge on any atom is -0.338 e. The van der Waals surface area contributed by atoms with Gasteiger partial charge in [-0.2, -0.15) is 0 Å². The molecule has 1 aromatic heterocycles. The molecule has 2 aromatic rings. The highest BCUT2D eigenvalue weighted by atomic mass is 35.5. The minimum absolute atomic E-state index is 0.119. The number of anilines is 1. The van der Waals surface area contributed by atoms with E-state index in [0.29, 0.717) is 15.7 Å². The fourth-order valence-corrected chi connectivity index (χ4v) is 2.56. The Labute approximate surface area is 108 Å². The van der Waals surface area contributed by atoms with Gasteiger partial charge in [-0.25, -0.2) is 0 Å². The van der Waals surface area contributed by atoms with Crippen molar-refractivity contribution < 1.29 is 4.79 Å². The molecule has 5 heteroatoms. The highest BCUT2D eigenvalue weighted by Gasteiger charge is 2.34. The molecule has 0 spiro atoms. The number of hydrogen-bond donors (Lipinski definition) is 1. The van der Waals surface area contributed by atoms with Crippen LogP contribution in [-0.2, 0) is 4.79 Å². The SMILES string of the molecule is O=C1Nc2c(Cl)ccc(Cl)c2C1n1cccc1. The fourth-order valence-electron chi connectivity index (χ4n) is 2.09. The molecule has 0 fully saturated rings. The zero-order chi connectivity index (χ0) is 12.0. The maximum atomic E-state index is 12.0. The molecular weight excluding hydrogens is 259 g/mol. The van der Waals surface area contributed by atoms with E-state index < -0.39 is 6.04 Å². The topological polar surface area (TPSA) is 34.0 Å². The van der Waals surface area contributed by atoms with Crippen LogP contribution in [0.3, 0.4) is 0 Å². The summed E-state index contributed by atoms with van der Waals surface area (Å²) in [6.45, 7) is 0. The Balaban J connectivity index is 2.23. The molecule has 17 heavy (non-hydrogen) atoms. The van der Waals surface area contributed by atoms with Gasteiger partial charge in [-0.05, 0) is 24.3 Å². The van der Waals surface area contributed by atoms with Crippen molar-refractivity contribution in [3.05, 3.63) is 52.3 Å². The molecule has 0 saturated carbocycles. The summed E-state index contributed by atoms with van der Waals surface area (Å²) in [7, 11) is 0. The first-order chi connectivity index (χ1) is 8.18. The number of amides is 1. The van der Waals surface area contributed by atoms with Crippen molar-refractivity contribution in [2.75, 3.05) is 5.32 Å². The molecule has 3 rings (SSSR count). The van der Waals surface area contributed by atoms with Gasteiger partial charge in [0, 0.05) is 23.0 Å². The molecule has 0 bridgehead atoms. The van der Waals surface area contributed by atoms with E-state index in [1.807, 2.05) is 29.1 Å². The Kier molecular flexibility index (Phi) is 2.38. The molecule has 2 heterocycles. The standard InChI is InChI=1S/C12H8Cl2N2O/c13-7-3-4-8(14)10-9(7)11(12(17)15-10)16-5-1-2-6-16/h1-6,11H,(H,15,17). The number of benzene rings is 1. The normalized spacial score (nSPS) is 18.0. The van der Waals surface area contributed by atoms with E-state index in [2.05, 4.69) is 5.32 Å². The van der Waals surface area contributed by atoms with Gasteiger partial charge in [-0.3, -0.25) is 4.79 Å². The van der Waals surface area contributed by atoms with Crippen LogP contribution in [0.5, 0.6) is 0 Å². The molecule has 1 aliphatic heterocycles. The zero-order valence-corrected chi connectivity index (χ0v) is 10.2. The summed E-state index contributed by atoms with van der Waals surface area (Å²) in [6, 6.07) is 6.68. The number of rotatable bonds is 1. The summed E-state index contributed by atoms with van der Waals surface area (Å²) in [6.07, 6.45) is 3.66. The van der Waals surface area contributed by atoms with Crippen molar-refractivity contribution in [2.24, 2.45) is 0 Å². The molecule has 1 aliphatic rings. The van der Waals surface area contributed by atoms with Gasteiger partial charge in [-0.1, -0.05) is 23.2 Å². The molecule has 1 unspecified atom stereocenters. The van der Waals surface area contributed by atoms with Crippen LogP contribution in [0.15, 0.2) is 36.7 Å². The summed E-state index contributed by atoms with van der Waals surface area (Å²) in [5.41, 5.74) is 1.35. The highest BCUT2D eigenvalue weighted by molar-refractivity contribution is 6.37. The van der Waals surface area contributed by atoms with Crippen molar-refractivity contribution in [3.8, 4) is 0 Å². The van der Waals surface area contributed by atoms with Crippen LogP contribution in [0, 0.1) is 0 Å². The molecule has 86 valence electrons. The van der Waals surface area contributed by atoms with Gasteiger partial charge in [0.05, 0.1) is 10.7 Å². The van der Waals surface area contributed by atoms with Gasteiger partial charge in [0.25, 0.3) is 5.91 Å². The minimum atomic E-state index is -0.439. The third-order valence-electron chi connectivity index (χ3n) is 2.84. The largest absolute Gasteiger partial charge is 0.338 e. The van der Waals surface area contributed by atoms with Crippen LogP contribution in [0.4, 0.5) is 5.69 Å². The third-order valence-corrected chi connectivity index (χ3v) is 3.48. The number of carbonyl (C=O) groups is 1. The number of aromatic nitrogens is 1. The number of hydrogen-bond acceptors (Lipinski definition) is 1. The number of halogens is 2. The average molecular weight is 267 g/mol. The Bertz CT molecular complexity index is 593. The van der Waals surface area contributed by atoms with Crippen LogP contribution in [-0.4, -0.2) is 10.5 Å². The predicted molar refractivity (Wildman–Crippen MR) is 67.7 cm³/mol. The van der Waals surface area contributed by atoms with Crippen LogP contribution < -0.4 is 5.32 Å². The molecule has 1 atom stereocenters. The Morgan fingerprint density at radius 2 is 1.76 bits per heavy atom. The Morgan fingerprint density at radius 1 is 1.12 bits per heavy atom. The third kappa shape index (κ3) is 1.54. The molecule has 1 amide bonds. The lowest BCUT2D eigenvalue weighted by Gasteiger charge is -2.12. The monoisotopic (exact) mass is 266 g/mol. The number of nitrogens with zero attached hydrogens (tertiary/aromatic N) is 1. The number of carbonyl (C=O) groups excluding carboxylic acids is 1. The molecule has 0 aliphatic carbocycles. The molecule has 3 nitrogen and oxygen atoms in total. The summed E-state index contributed by atoms with van der Waals surface area (Å²) in [5, 5.41) is 3.82. The maximum Gasteiger partial charge on any atom is 0.252 e. The first kappa shape index (κ1) is 10.7. The van der Waals surface area contributed by atoms with E-state index in [0.717, 1.165) is 5.56 Å². The molecule has 1 N–H and O–H groups in total. The Morgan fingerprint density at radius 3 is 2.47 bits per heavy atom. The van der Waals surface area contributed by atoms with Gasteiger partial charge < -0.3 is 9.88 Å². The lowest BCUT2D eigenvalue weighted by Crippen LogP contribution is -2.18. The maximum absolute atomic E-state index is 12.0. The second kappa shape index (κ2) is 3.79. The van der Waals surface area contributed by atoms with E-state index in [-0.39, 0.29) is 5.91 Å². The molecule has 0 saturated heterocycles. The van der Waals surface area contributed by atoms with E-state index in [1.54, 1.807) is 12.1 Å². The van der Waals surface area contributed by atoms with Crippen molar-refractivity contribution in [3.63, 3.8) is 0 Å². The zero-order valence-electron chi connectivity index (χ0n) is 8.65. The van der Waals surface area contributed by atoms with Gasteiger partial charge in [0.15, 0.2) is 0 Å². The van der Waals surface area contributed by atoms with Gasteiger partial charge in [0.2, 0.25) is 0 Å². The van der Waals surface area contributed by atoms with Crippen LogP contribution >= 0.6 is 23.2 Å². The van der Waals surface area contributed by atoms with Crippen molar-refractivity contribution in [2.45, 2.75) is 6.04 Å². The van der Waals surface area contributed by atoms with Crippen LogP contribution in [0.1, 0.15) is 11.6 Å². The number of nitrogens with one attached hydrogen (secondary N) is 1. The summed E-state index contributed by atoms with van der Waals surface area (Å²) >= 11 is 12.2. The highest BCUT2D eigenvalue weighted by Crippen LogP contribution is 2.42. The fraction of sp³-hybridized carbons (Fsp3) is 0.0833. The van der Waals surface area contributed by atoms with Gasteiger partial charge in [0.1, 0.15) is 6.04 Å². The average Bonchev–Trinajstić information content (AvgIpc) is 2.90. The summed E-state index contributed by atoms with van der Waals surface area (Å²) < 4.78 is 1.81. The van der Waals surface area contributed by atoms with Crippen molar-refractivity contribution >= 4 is 34.8 Å². The first-order valence-corrected chi connectivity index (χ1v) is 5.85. The van der Waals surface area contributed by atoms with E-state index in [4.69, 9.17) is 23.2 Å². The van der Waals surface area contributed by atoms with Crippen LogP contribution in [0.2, 0.25) is 10.0 Å². The second-order valence-corrected chi connectivity index (χ2v) is 4.65. The predicted octanol–water partition coefficient (Wildman–Crippen LogP) is 3.34. The molecule has 0 radical (unpaired) electrons. The van der Waals surface area contributed by atoms with Gasteiger partial charge in [-0.15, -0.1) is 0 Å².